The summed E-state index contributed by atoms with van der Waals surface area (Å²) in [5.74, 6) is 0.344. The number of rotatable bonds is 4. The maximum Gasteiger partial charge on any atom is 0.255 e. The molecule has 29 heavy (non-hydrogen) atoms. The Morgan fingerprint density at radius 1 is 1.10 bits per heavy atom. The second-order valence-corrected chi connectivity index (χ2v) is 8.80. The van der Waals surface area contributed by atoms with Gasteiger partial charge in [0.05, 0.1) is 37.5 Å². The topological polar surface area (TPSA) is 51.2 Å². The van der Waals surface area contributed by atoms with E-state index in [-0.39, 0.29) is 5.91 Å². The largest absolute Gasteiger partial charge is 0.496 e. The third kappa shape index (κ3) is 4.12. The highest BCUT2D eigenvalue weighted by Crippen LogP contribution is 2.39. The van der Waals surface area contributed by atoms with Gasteiger partial charge in [-0.1, -0.05) is 35.3 Å². The number of thiazole rings is 1. The molecule has 1 N–H and O–H groups in total. The molecule has 0 fully saturated rings. The summed E-state index contributed by atoms with van der Waals surface area (Å²) in [6, 6.07) is 16.3. The van der Waals surface area contributed by atoms with Crippen molar-refractivity contribution >= 4 is 72.3 Å². The molecule has 4 nitrogen and oxygen atoms in total. The minimum atomic E-state index is -0.298. The van der Waals surface area contributed by atoms with Gasteiger partial charge in [-0.05, 0) is 58.4 Å². The molecule has 0 bridgehead atoms. The molecule has 0 spiro atoms. The molecule has 0 unspecified atom stereocenters. The number of carbonyl (C=O) groups excluding carboxylic acids is 1. The van der Waals surface area contributed by atoms with Crippen LogP contribution in [-0.2, 0) is 0 Å². The molecule has 0 saturated heterocycles. The molecule has 4 rings (SSSR count). The Labute approximate surface area is 189 Å². The van der Waals surface area contributed by atoms with Crippen LogP contribution in [0.25, 0.3) is 20.8 Å². The summed E-state index contributed by atoms with van der Waals surface area (Å²) < 4.78 is 6.94. The molecule has 8 heteroatoms. The Bertz CT molecular complexity index is 1210. The molecule has 0 radical (unpaired) electrons. The van der Waals surface area contributed by atoms with E-state index in [1.807, 2.05) is 24.3 Å². The number of benzene rings is 3. The minimum Gasteiger partial charge on any atom is -0.496 e. The molecule has 0 aliphatic heterocycles. The summed E-state index contributed by atoms with van der Waals surface area (Å²) in [4.78, 5) is 17.4. The Morgan fingerprint density at radius 2 is 1.90 bits per heavy atom. The summed E-state index contributed by atoms with van der Waals surface area (Å²) in [5, 5.41) is 4.43. The SMILES string of the molecule is COc1ccc(C(=O)Nc2cc(-c3nc4ccccc4s3)c(Cl)cc2Cl)cc1Br. The van der Waals surface area contributed by atoms with Gasteiger partial charge in [0.1, 0.15) is 10.8 Å². The monoisotopic (exact) mass is 506 g/mol. The number of hydrogen-bond donors (Lipinski definition) is 1. The molecule has 1 aromatic heterocycles. The van der Waals surface area contributed by atoms with Crippen molar-refractivity contribution in [1.29, 1.82) is 0 Å². The van der Waals surface area contributed by atoms with Gasteiger partial charge >= 0.3 is 0 Å². The Hall–Kier alpha value is -2.12. The van der Waals surface area contributed by atoms with E-state index in [9.17, 15) is 4.79 Å². The highest BCUT2D eigenvalue weighted by atomic mass is 79.9. The van der Waals surface area contributed by atoms with Crippen LogP contribution in [0.1, 0.15) is 10.4 Å². The number of nitrogens with one attached hydrogen (secondary N) is 1. The lowest BCUT2D eigenvalue weighted by atomic mass is 10.1. The van der Waals surface area contributed by atoms with Crippen molar-refractivity contribution in [3.63, 3.8) is 0 Å². The van der Waals surface area contributed by atoms with Crippen LogP contribution in [0.15, 0.2) is 59.1 Å². The van der Waals surface area contributed by atoms with E-state index in [4.69, 9.17) is 27.9 Å². The first kappa shape index (κ1) is 20.2. The number of fused-ring (bicyclic) bond motifs is 1. The normalized spacial score (nSPS) is 10.9. The van der Waals surface area contributed by atoms with Crippen molar-refractivity contribution in [2.24, 2.45) is 0 Å². The van der Waals surface area contributed by atoms with Gasteiger partial charge in [0, 0.05) is 11.1 Å². The molecule has 3 aromatic carbocycles. The number of anilines is 1. The first-order valence-corrected chi connectivity index (χ1v) is 10.8. The van der Waals surface area contributed by atoms with Gasteiger partial charge in [0.2, 0.25) is 0 Å². The number of hydrogen-bond acceptors (Lipinski definition) is 4. The van der Waals surface area contributed by atoms with Crippen LogP contribution < -0.4 is 10.1 Å². The fourth-order valence-corrected chi connectivity index (χ4v) is 4.91. The van der Waals surface area contributed by atoms with E-state index in [0.717, 1.165) is 15.2 Å². The lowest BCUT2D eigenvalue weighted by molar-refractivity contribution is 0.102. The van der Waals surface area contributed by atoms with E-state index in [1.165, 1.54) is 11.3 Å². The van der Waals surface area contributed by atoms with Crippen LogP contribution in [0.2, 0.25) is 10.0 Å². The molecule has 0 saturated carbocycles. The van der Waals surface area contributed by atoms with E-state index in [2.05, 4.69) is 26.2 Å². The number of aromatic nitrogens is 1. The Kier molecular flexibility index (Phi) is 5.79. The van der Waals surface area contributed by atoms with Gasteiger partial charge in [-0.3, -0.25) is 4.79 Å². The van der Waals surface area contributed by atoms with Crippen LogP contribution in [0.4, 0.5) is 5.69 Å². The molecule has 0 aliphatic rings. The Morgan fingerprint density at radius 3 is 2.62 bits per heavy atom. The maximum absolute atomic E-state index is 12.7. The van der Waals surface area contributed by atoms with Crippen LogP contribution in [0.5, 0.6) is 5.75 Å². The highest BCUT2D eigenvalue weighted by molar-refractivity contribution is 9.10. The smallest absolute Gasteiger partial charge is 0.255 e. The first-order chi connectivity index (χ1) is 14.0. The van der Waals surface area contributed by atoms with Crippen molar-refractivity contribution < 1.29 is 9.53 Å². The standard InChI is InChI=1S/C21H13BrCl2N2O2S/c1-28-18-7-6-11(8-13(18)22)20(27)25-17-9-12(14(23)10-15(17)24)21-26-16-4-2-3-5-19(16)29-21/h2-10H,1H3,(H,25,27). The number of ether oxygens (including phenoxy) is 1. The van der Waals surface area contributed by atoms with Crippen molar-refractivity contribution in [3.05, 3.63) is 74.7 Å². The van der Waals surface area contributed by atoms with Crippen molar-refractivity contribution in [3.8, 4) is 16.3 Å². The average molecular weight is 508 g/mol. The van der Waals surface area contributed by atoms with Gasteiger partial charge in [-0.25, -0.2) is 4.98 Å². The van der Waals surface area contributed by atoms with Gasteiger partial charge in [-0.15, -0.1) is 11.3 Å². The molecular formula is C21H13BrCl2N2O2S. The summed E-state index contributed by atoms with van der Waals surface area (Å²) in [6.07, 6.45) is 0. The lowest BCUT2D eigenvalue weighted by Crippen LogP contribution is -2.12. The van der Waals surface area contributed by atoms with Gasteiger partial charge in [0.15, 0.2) is 0 Å². The lowest BCUT2D eigenvalue weighted by Gasteiger charge is -2.11. The Balaban J connectivity index is 1.68. The van der Waals surface area contributed by atoms with Gasteiger partial charge in [0.25, 0.3) is 5.91 Å². The number of amides is 1. The van der Waals surface area contributed by atoms with Gasteiger partial charge in [-0.2, -0.15) is 0 Å². The highest BCUT2D eigenvalue weighted by Gasteiger charge is 2.16. The summed E-state index contributed by atoms with van der Waals surface area (Å²) in [6.45, 7) is 0. The van der Waals surface area contributed by atoms with Gasteiger partial charge < -0.3 is 10.1 Å². The molecule has 1 heterocycles. The molecular weight excluding hydrogens is 495 g/mol. The van der Waals surface area contributed by atoms with Crippen LogP contribution in [0, 0.1) is 0 Å². The zero-order valence-electron chi connectivity index (χ0n) is 15.0. The van der Waals surface area contributed by atoms with Crippen LogP contribution in [0.3, 0.4) is 0 Å². The number of methoxy groups -OCH3 is 1. The second-order valence-electron chi connectivity index (χ2n) is 6.10. The van der Waals surface area contributed by atoms with Crippen LogP contribution >= 0.6 is 50.5 Å². The number of carbonyl (C=O) groups is 1. The third-order valence-electron chi connectivity index (χ3n) is 4.24. The third-order valence-corrected chi connectivity index (χ3v) is 6.56. The van der Waals surface area contributed by atoms with Crippen LogP contribution in [-0.4, -0.2) is 18.0 Å². The molecule has 146 valence electrons. The van der Waals surface area contributed by atoms with Crippen molar-refractivity contribution in [2.45, 2.75) is 0 Å². The number of nitrogens with zero attached hydrogens (tertiary/aromatic N) is 1. The first-order valence-electron chi connectivity index (χ1n) is 8.46. The second kappa shape index (κ2) is 8.32. The maximum atomic E-state index is 12.7. The van der Waals surface area contributed by atoms with E-state index in [1.54, 1.807) is 37.4 Å². The zero-order chi connectivity index (χ0) is 20.5. The molecule has 0 aliphatic carbocycles. The van der Waals surface area contributed by atoms with Crippen molar-refractivity contribution in [1.82, 2.24) is 4.98 Å². The van der Waals surface area contributed by atoms with E-state index >= 15 is 0 Å². The quantitative estimate of drug-likeness (QED) is 0.315. The molecule has 4 aromatic rings. The zero-order valence-corrected chi connectivity index (χ0v) is 18.9. The minimum absolute atomic E-state index is 0.298. The average Bonchev–Trinajstić information content (AvgIpc) is 3.13. The fourth-order valence-electron chi connectivity index (χ4n) is 2.80. The molecule has 0 atom stereocenters. The van der Waals surface area contributed by atoms with E-state index < -0.39 is 0 Å². The number of halogens is 3. The summed E-state index contributed by atoms with van der Waals surface area (Å²) >= 11 is 17.7. The summed E-state index contributed by atoms with van der Waals surface area (Å²) in [7, 11) is 1.57. The molecule has 1 amide bonds. The predicted molar refractivity (Wildman–Crippen MR) is 124 cm³/mol. The fraction of sp³-hybridized carbons (Fsp3) is 0.0476. The number of para-hydroxylation sites is 1. The predicted octanol–water partition coefficient (Wildman–Crippen LogP) is 7.29. The summed E-state index contributed by atoms with van der Waals surface area (Å²) in [5.41, 5.74) is 2.53. The van der Waals surface area contributed by atoms with Crippen molar-refractivity contribution in [2.75, 3.05) is 12.4 Å². The van der Waals surface area contributed by atoms with E-state index in [0.29, 0.717) is 37.1 Å².